The smallest absolute Gasteiger partial charge is 0.240 e. The lowest BCUT2D eigenvalue weighted by molar-refractivity contribution is -0.131. The number of sulfone groups is 1. The van der Waals surface area contributed by atoms with Crippen LogP contribution in [0.1, 0.15) is 46.0 Å². The first kappa shape index (κ1) is 14.5. The Bertz CT molecular complexity index is 358. The van der Waals surface area contributed by atoms with Crippen molar-refractivity contribution in [2.75, 3.05) is 12.8 Å². The van der Waals surface area contributed by atoms with Gasteiger partial charge in [-0.25, -0.2) is 8.42 Å². The predicted molar refractivity (Wildman–Crippen MR) is 68.6 cm³/mol. The van der Waals surface area contributed by atoms with Crippen LogP contribution < -0.4 is 0 Å². The average molecular weight is 261 g/mol. The van der Waals surface area contributed by atoms with Crippen molar-refractivity contribution in [3.05, 3.63) is 0 Å². The van der Waals surface area contributed by atoms with Crippen molar-refractivity contribution in [3.8, 4) is 0 Å². The SMILES string of the molecule is CCS(=O)(=O)[C@H](C)C(=O)N(C)C1CCCCC1. The van der Waals surface area contributed by atoms with Crippen molar-refractivity contribution < 1.29 is 13.2 Å². The molecule has 17 heavy (non-hydrogen) atoms. The lowest BCUT2D eigenvalue weighted by atomic mass is 9.94. The van der Waals surface area contributed by atoms with Gasteiger partial charge in [0.15, 0.2) is 9.84 Å². The predicted octanol–water partition coefficient (Wildman–Crippen LogP) is 1.60. The molecule has 0 radical (unpaired) electrons. The molecule has 1 aliphatic rings. The Morgan fingerprint density at radius 1 is 1.29 bits per heavy atom. The maximum absolute atomic E-state index is 12.1. The molecule has 0 N–H and O–H groups in total. The molecule has 0 saturated heterocycles. The van der Waals surface area contributed by atoms with E-state index in [-0.39, 0.29) is 17.7 Å². The quantitative estimate of drug-likeness (QED) is 0.772. The number of amides is 1. The molecule has 0 bridgehead atoms. The fourth-order valence-corrected chi connectivity index (χ4v) is 3.31. The second kappa shape index (κ2) is 5.85. The van der Waals surface area contributed by atoms with Crippen molar-refractivity contribution in [2.45, 2.75) is 57.2 Å². The monoisotopic (exact) mass is 261 g/mol. The summed E-state index contributed by atoms with van der Waals surface area (Å²) in [4.78, 5) is 13.7. The van der Waals surface area contributed by atoms with Crippen LogP contribution in [0.2, 0.25) is 0 Å². The minimum absolute atomic E-state index is 0.0262. The fraction of sp³-hybridized carbons (Fsp3) is 0.917. The molecule has 5 heteroatoms. The number of nitrogens with zero attached hydrogens (tertiary/aromatic N) is 1. The molecular formula is C12H23NO3S. The van der Waals surface area contributed by atoms with Crippen LogP contribution in [0.4, 0.5) is 0 Å². The minimum Gasteiger partial charge on any atom is -0.342 e. The number of hydrogen-bond donors (Lipinski definition) is 0. The van der Waals surface area contributed by atoms with Crippen LogP contribution in [0.5, 0.6) is 0 Å². The second-order valence-corrected chi connectivity index (χ2v) is 7.44. The van der Waals surface area contributed by atoms with Crippen LogP contribution in [0.3, 0.4) is 0 Å². The summed E-state index contributed by atoms with van der Waals surface area (Å²) in [7, 11) is -1.54. The number of hydrogen-bond acceptors (Lipinski definition) is 3. The molecule has 0 aromatic heterocycles. The first-order valence-corrected chi connectivity index (χ1v) is 8.10. The highest BCUT2D eigenvalue weighted by atomic mass is 32.2. The molecule has 1 fully saturated rings. The van der Waals surface area contributed by atoms with Crippen LogP contribution >= 0.6 is 0 Å². The van der Waals surface area contributed by atoms with Crippen molar-refractivity contribution >= 4 is 15.7 Å². The third-order valence-electron chi connectivity index (χ3n) is 3.76. The molecule has 0 heterocycles. The molecular weight excluding hydrogens is 238 g/mol. The first-order chi connectivity index (χ1) is 7.90. The van der Waals surface area contributed by atoms with E-state index in [1.54, 1.807) is 18.9 Å². The van der Waals surface area contributed by atoms with Gasteiger partial charge >= 0.3 is 0 Å². The van der Waals surface area contributed by atoms with Gasteiger partial charge in [0.25, 0.3) is 0 Å². The molecule has 0 aromatic rings. The van der Waals surface area contributed by atoms with Crippen LogP contribution in [0, 0.1) is 0 Å². The standard InChI is InChI=1S/C12H23NO3S/c1-4-17(15,16)10(2)12(14)13(3)11-8-6-5-7-9-11/h10-11H,4-9H2,1-3H3/t10-/m1/s1. The molecule has 1 rings (SSSR count). The molecule has 1 amide bonds. The summed E-state index contributed by atoms with van der Waals surface area (Å²) in [5, 5.41) is -0.903. The molecule has 0 unspecified atom stereocenters. The van der Waals surface area contributed by atoms with Gasteiger partial charge in [-0.15, -0.1) is 0 Å². The topological polar surface area (TPSA) is 54.5 Å². The highest BCUT2D eigenvalue weighted by Gasteiger charge is 2.32. The van der Waals surface area contributed by atoms with E-state index in [1.165, 1.54) is 13.3 Å². The Kier molecular flexibility index (Phi) is 4.98. The van der Waals surface area contributed by atoms with E-state index < -0.39 is 15.1 Å². The highest BCUT2D eigenvalue weighted by molar-refractivity contribution is 7.92. The average Bonchev–Trinajstić information content (AvgIpc) is 2.37. The maximum Gasteiger partial charge on any atom is 0.240 e. The molecule has 100 valence electrons. The largest absolute Gasteiger partial charge is 0.342 e. The summed E-state index contributed by atoms with van der Waals surface area (Å²) in [6, 6.07) is 0.228. The van der Waals surface area contributed by atoms with E-state index in [4.69, 9.17) is 0 Å². The van der Waals surface area contributed by atoms with Gasteiger partial charge < -0.3 is 4.90 Å². The summed E-state index contributed by atoms with van der Waals surface area (Å²) >= 11 is 0. The molecule has 0 aliphatic heterocycles. The van der Waals surface area contributed by atoms with E-state index >= 15 is 0 Å². The Morgan fingerprint density at radius 2 is 1.82 bits per heavy atom. The fourth-order valence-electron chi connectivity index (χ4n) is 2.34. The van der Waals surface area contributed by atoms with Gasteiger partial charge in [0.1, 0.15) is 5.25 Å². The lowest BCUT2D eigenvalue weighted by Crippen LogP contribution is -2.45. The third kappa shape index (κ3) is 3.44. The van der Waals surface area contributed by atoms with Gasteiger partial charge in [0.2, 0.25) is 5.91 Å². The highest BCUT2D eigenvalue weighted by Crippen LogP contribution is 2.22. The van der Waals surface area contributed by atoms with Crippen LogP contribution in [-0.4, -0.2) is 43.3 Å². The summed E-state index contributed by atoms with van der Waals surface area (Å²) < 4.78 is 23.4. The zero-order chi connectivity index (χ0) is 13.1. The van der Waals surface area contributed by atoms with Crippen molar-refractivity contribution in [1.29, 1.82) is 0 Å². The molecule has 0 spiro atoms. The number of carbonyl (C=O) groups is 1. The van der Waals surface area contributed by atoms with E-state index in [2.05, 4.69) is 0 Å². The number of rotatable bonds is 4. The summed E-state index contributed by atoms with van der Waals surface area (Å²) in [6.45, 7) is 3.08. The zero-order valence-corrected chi connectivity index (χ0v) is 11.8. The van der Waals surface area contributed by atoms with Gasteiger partial charge in [-0.1, -0.05) is 26.2 Å². The van der Waals surface area contributed by atoms with E-state index in [0.717, 1.165) is 25.7 Å². The van der Waals surface area contributed by atoms with E-state index in [1.807, 2.05) is 0 Å². The number of carbonyl (C=O) groups excluding carboxylic acids is 1. The Labute approximate surface area is 104 Å². The van der Waals surface area contributed by atoms with Crippen molar-refractivity contribution in [3.63, 3.8) is 0 Å². The molecule has 1 aliphatic carbocycles. The first-order valence-electron chi connectivity index (χ1n) is 6.38. The van der Waals surface area contributed by atoms with Gasteiger partial charge in [0, 0.05) is 18.8 Å². The summed E-state index contributed by atoms with van der Waals surface area (Å²) in [5.74, 6) is -0.225. The molecule has 1 atom stereocenters. The third-order valence-corrected chi connectivity index (χ3v) is 5.84. The summed E-state index contributed by atoms with van der Waals surface area (Å²) in [5.41, 5.74) is 0. The van der Waals surface area contributed by atoms with Gasteiger partial charge in [-0.3, -0.25) is 4.79 Å². The minimum atomic E-state index is -3.27. The second-order valence-electron chi connectivity index (χ2n) is 4.83. The van der Waals surface area contributed by atoms with Gasteiger partial charge in [-0.2, -0.15) is 0 Å². The molecule has 4 nitrogen and oxygen atoms in total. The van der Waals surface area contributed by atoms with Crippen molar-refractivity contribution in [2.24, 2.45) is 0 Å². The Balaban J connectivity index is 2.68. The lowest BCUT2D eigenvalue weighted by Gasteiger charge is -2.32. The summed E-state index contributed by atoms with van der Waals surface area (Å²) in [6.07, 6.45) is 5.50. The normalized spacial score (nSPS) is 19.9. The zero-order valence-electron chi connectivity index (χ0n) is 11.0. The van der Waals surface area contributed by atoms with E-state index in [0.29, 0.717) is 0 Å². The van der Waals surface area contributed by atoms with Crippen LogP contribution in [0.25, 0.3) is 0 Å². The van der Waals surface area contributed by atoms with Gasteiger partial charge in [0.05, 0.1) is 0 Å². The van der Waals surface area contributed by atoms with Gasteiger partial charge in [-0.05, 0) is 19.8 Å². The van der Waals surface area contributed by atoms with E-state index in [9.17, 15) is 13.2 Å². The molecule has 1 saturated carbocycles. The van der Waals surface area contributed by atoms with Crippen LogP contribution in [0.15, 0.2) is 0 Å². The molecule has 0 aromatic carbocycles. The Morgan fingerprint density at radius 3 is 2.29 bits per heavy atom. The maximum atomic E-state index is 12.1. The Hall–Kier alpha value is -0.580. The van der Waals surface area contributed by atoms with Crippen LogP contribution in [-0.2, 0) is 14.6 Å². The van der Waals surface area contributed by atoms with Crippen molar-refractivity contribution in [1.82, 2.24) is 4.90 Å².